The van der Waals surface area contributed by atoms with E-state index < -0.39 is 0 Å². The zero-order chi connectivity index (χ0) is 20.7. The van der Waals surface area contributed by atoms with E-state index >= 15 is 0 Å². The number of benzene rings is 1. The molecule has 2 aliphatic rings. The van der Waals surface area contributed by atoms with Gasteiger partial charge in [-0.2, -0.15) is 0 Å². The molecule has 1 amide bonds. The second-order valence-corrected chi connectivity index (χ2v) is 8.82. The van der Waals surface area contributed by atoms with E-state index in [0.717, 1.165) is 37.4 Å². The normalized spacial score (nSPS) is 19.7. The van der Waals surface area contributed by atoms with E-state index in [-0.39, 0.29) is 18.5 Å². The van der Waals surface area contributed by atoms with E-state index in [4.69, 9.17) is 0 Å². The number of aromatic nitrogens is 5. The Kier molecular flexibility index (Phi) is 5.02. The molecule has 0 spiro atoms. The maximum atomic E-state index is 13.4. The average Bonchev–Trinajstić information content (AvgIpc) is 3.47. The molecule has 5 rings (SSSR count). The van der Waals surface area contributed by atoms with Gasteiger partial charge in [0.1, 0.15) is 6.54 Å². The molecule has 1 aromatic carbocycles. The molecule has 3 aromatic rings. The molecule has 1 fully saturated rings. The zero-order valence-electron chi connectivity index (χ0n) is 17.7. The molecule has 0 aliphatic carbocycles. The van der Waals surface area contributed by atoms with Crippen LogP contribution in [0.4, 0.5) is 0 Å². The van der Waals surface area contributed by atoms with Crippen LogP contribution in [0.1, 0.15) is 49.8 Å². The average molecular weight is 408 g/mol. The van der Waals surface area contributed by atoms with E-state index in [2.05, 4.69) is 63.5 Å². The zero-order valence-corrected chi connectivity index (χ0v) is 17.7. The molecule has 0 unspecified atom stereocenters. The maximum absolute atomic E-state index is 13.4. The van der Waals surface area contributed by atoms with Gasteiger partial charge in [-0.25, -0.2) is 4.68 Å². The molecule has 2 aromatic heterocycles. The number of carbonyl (C=O) groups is 1. The minimum Gasteiger partial charge on any atom is -0.356 e. The predicted octanol–water partition coefficient (Wildman–Crippen LogP) is 2.53. The Bertz CT molecular complexity index is 1050. The van der Waals surface area contributed by atoms with Crippen molar-refractivity contribution in [3.05, 3.63) is 41.3 Å². The molecule has 1 saturated heterocycles. The lowest BCUT2D eigenvalue weighted by molar-refractivity contribution is -0.136. The van der Waals surface area contributed by atoms with E-state index in [1.807, 2.05) is 4.90 Å². The third-order valence-corrected chi connectivity index (χ3v) is 6.49. The van der Waals surface area contributed by atoms with Gasteiger partial charge >= 0.3 is 0 Å². The van der Waals surface area contributed by atoms with Crippen LogP contribution in [0.25, 0.3) is 10.9 Å². The molecule has 8 nitrogen and oxygen atoms in total. The van der Waals surface area contributed by atoms with Gasteiger partial charge in [0.05, 0.1) is 12.6 Å². The Morgan fingerprint density at radius 3 is 2.80 bits per heavy atom. The summed E-state index contributed by atoms with van der Waals surface area (Å²) in [7, 11) is 0. The third-order valence-electron chi connectivity index (χ3n) is 6.49. The number of aromatic amines is 1. The summed E-state index contributed by atoms with van der Waals surface area (Å²) in [6, 6.07) is 8.45. The summed E-state index contributed by atoms with van der Waals surface area (Å²) >= 11 is 0. The molecule has 30 heavy (non-hydrogen) atoms. The van der Waals surface area contributed by atoms with Gasteiger partial charge in [0.15, 0.2) is 5.82 Å². The van der Waals surface area contributed by atoms with E-state index in [1.54, 1.807) is 4.68 Å². The van der Waals surface area contributed by atoms with Crippen molar-refractivity contribution < 1.29 is 4.79 Å². The topological polar surface area (TPSA) is 82.9 Å². The highest BCUT2D eigenvalue weighted by Gasteiger charge is 2.35. The summed E-state index contributed by atoms with van der Waals surface area (Å²) in [4.78, 5) is 21.3. The van der Waals surface area contributed by atoms with Crippen molar-refractivity contribution in [1.82, 2.24) is 35.0 Å². The summed E-state index contributed by atoms with van der Waals surface area (Å²) in [5.41, 5.74) is 3.68. The van der Waals surface area contributed by atoms with Crippen LogP contribution in [-0.2, 0) is 24.3 Å². The Morgan fingerprint density at radius 1 is 1.20 bits per heavy atom. The smallest absolute Gasteiger partial charge is 0.245 e. The van der Waals surface area contributed by atoms with Crippen LogP contribution in [0.2, 0.25) is 0 Å². The lowest BCUT2D eigenvalue weighted by Gasteiger charge is -2.38. The molecular weight excluding hydrogens is 378 g/mol. The van der Waals surface area contributed by atoms with Crippen LogP contribution in [0.5, 0.6) is 0 Å². The van der Waals surface area contributed by atoms with Crippen LogP contribution in [-0.4, -0.2) is 60.5 Å². The fourth-order valence-corrected chi connectivity index (χ4v) is 5.06. The number of H-pyrrole nitrogens is 1. The van der Waals surface area contributed by atoms with Gasteiger partial charge in [-0.05, 0) is 60.3 Å². The first kappa shape index (κ1) is 19.2. The second kappa shape index (κ2) is 7.83. The van der Waals surface area contributed by atoms with Gasteiger partial charge in [-0.15, -0.1) is 5.10 Å². The Balaban J connectivity index is 1.39. The molecule has 2 aliphatic heterocycles. The first-order valence-corrected chi connectivity index (χ1v) is 11.0. The molecule has 0 bridgehead atoms. The van der Waals surface area contributed by atoms with E-state index in [0.29, 0.717) is 12.5 Å². The van der Waals surface area contributed by atoms with Crippen LogP contribution >= 0.6 is 0 Å². The molecule has 158 valence electrons. The number of nitrogens with zero attached hydrogens (tertiary/aromatic N) is 6. The van der Waals surface area contributed by atoms with Gasteiger partial charge < -0.3 is 9.88 Å². The number of likely N-dealkylation sites (tertiary alicyclic amines) is 1. The minimum absolute atomic E-state index is 0.0344. The Hall–Kier alpha value is -2.74. The third kappa shape index (κ3) is 3.39. The number of para-hydroxylation sites is 1. The monoisotopic (exact) mass is 407 g/mol. The van der Waals surface area contributed by atoms with E-state index in [1.165, 1.54) is 29.5 Å². The molecule has 1 N–H and O–H groups in total. The van der Waals surface area contributed by atoms with Gasteiger partial charge in [0, 0.05) is 23.1 Å². The second-order valence-electron chi connectivity index (χ2n) is 8.82. The van der Waals surface area contributed by atoms with Crippen molar-refractivity contribution in [3.63, 3.8) is 0 Å². The molecular formula is C22H29N7O. The fourth-order valence-electron chi connectivity index (χ4n) is 5.06. The number of fused-ring (bicyclic) bond motifs is 3. The van der Waals surface area contributed by atoms with Crippen molar-refractivity contribution in [3.8, 4) is 0 Å². The molecule has 0 saturated carbocycles. The number of hydrogen-bond acceptors (Lipinski definition) is 5. The maximum Gasteiger partial charge on any atom is 0.245 e. The fraction of sp³-hybridized carbons (Fsp3) is 0.545. The molecule has 4 heterocycles. The first-order valence-electron chi connectivity index (χ1n) is 11.0. The van der Waals surface area contributed by atoms with Crippen LogP contribution in [0.15, 0.2) is 24.3 Å². The van der Waals surface area contributed by atoms with E-state index in [9.17, 15) is 4.79 Å². The number of nitrogens with one attached hydrogen (secondary N) is 1. The van der Waals surface area contributed by atoms with Crippen molar-refractivity contribution in [2.45, 2.75) is 52.2 Å². The number of hydrogen-bond donors (Lipinski definition) is 1. The van der Waals surface area contributed by atoms with Crippen molar-refractivity contribution in [1.29, 1.82) is 0 Å². The quantitative estimate of drug-likeness (QED) is 0.703. The summed E-state index contributed by atoms with van der Waals surface area (Å²) in [6.45, 7) is 8.13. The number of rotatable bonds is 5. The lowest BCUT2D eigenvalue weighted by atomic mass is 9.90. The highest BCUT2D eigenvalue weighted by Crippen LogP contribution is 2.38. The van der Waals surface area contributed by atoms with Crippen molar-refractivity contribution >= 4 is 16.8 Å². The summed E-state index contributed by atoms with van der Waals surface area (Å²) in [6.07, 6.45) is 3.30. The lowest BCUT2D eigenvalue weighted by Crippen LogP contribution is -2.44. The first-order chi connectivity index (χ1) is 14.6. The highest BCUT2D eigenvalue weighted by molar-refractivity contribution is 5.86. The number of amides is 1. The molecule has 8 heteroatoms. The minimum atomic E-state index is 0.0344. The highest BCUT2D eigenvalue weighted by atomic mass is 16.2. The van der Waals surface area contributed by atoms with Crippen LogP contribution < -0.4 is 0 Å². The molecule has 0 radical (unpaired) electrons. The van der Waals surface area contributed by atoms with Gasteiger partial charge in [0.2, 0.25) is 5.91 Å². The predicted molar refractivity (Wildman–Crippen MR) is 114 cm³/mol. The van der Waals surface area contributed by atoms with Crippen LogP contribution in [0, 0.1) is 5.92 Å². The molecule has 1 atom stereocenters. The summed E-state index contributed by atoms with van der Waals surface area (Å²) in [5.74, 6) is 1.15. The standard InChI is InChI=1S/C22H29N7O/c1-15(2)22-21-17(16-7-3-4-8-18(16)23-21)9-12-28(22)20(30)14-29-19(24-25-26-29)13-27-10-5-6-11-27/h3-4,7-8,15,22-23H,5-6,9-14H2,1-2H3/t22-/m0/s1. The van der Waals surface area contributed by atoms with Crippen molar-refractivity contribution in [2.24, 2.45) is 5.92 Å². The van der Waals surface area contributed by atoms with Crippen LogP contribution in [0.3, 0.4) is 0 Å². The Labute approximate surface area is 176 Å². The van der Waals surface area contributed by atoms with Gasteiger partial charge in [-0.1, -0.05) is 32.0 Å². The SMILES string of the molecule is CC(C)[C@H]1c2[nH]c3ccccc3c2CCN1C(=O)Cn1nnnc1CN1CCCC1. The Morgan fingerprint density at radius 2 is 2.00 bits per heavy atom. The number of carbonyl (C=O) groups excluding carboxylic acids is 1. The summed E-state index contributed by atoms with van der Waals surface area (Å²) in [5, 5.41) is 13.4. The van der Waals surface area contributed by atoms with Gasteiger partial charge in [0.25, 0.3) is 0 Å². The van der Waals surface area contributed by atoms with Crippen molar-refractivity contribution in [2.75, 3.05) is 19.6 Å². The summed E-state index contributed by atoms with van der Waals surface area (Å²) < 4.78 is 1.68. The van der Waals surface area contributed by atoms with Gasteiger partial charge in [-0.3, -0.25) is 9.69 Å². The number of tetrazole rings is 1. The largest absolute Gasteiger partial charge is 0.356 e.